The van der Waals surface area contributed by atoms with Crippen LogP contribution in [0.2, 0.25) is 0 Å². The van der Waals surface area contributed by atoms with Gasteiger partial charge in [-0.25, -0.2) is 18.9 Å². The van der Waals surface area contributed by atoms with Gasteiger partial charge in [-0.05, 0) is 81.9 Å². The van der Waals surface area contributed by atoms with Crippen molar-refractivity contribution >= 4 is 22.7 Å². The summed E-state index contributed by atoms with van der Waals surface area (Å²) in [6.45, 7) is 3.72. The first-order chi connectivity index (χ1) is 18.6. The van der Waals surface area contributed by atoms with Gasteiger partial charge in [0.15, 0.2) is 11.3 Å². The van der Waals surface area contributed by atoms with Crippen LogP contribution in [0.25, 0.3) is 16.7 Å². The number of aromatic nitrogens is 3. The van der Waals surface area contributed by atoms with Gasteiger partial charge in [0.2, 0.25) is 0 Å². The van der Waals surface area contributed by atoms with Crippen LogP contribution in [0.15, 0.2) is 30.3 Å². The van der Waals surface area contributed by atoms with Gasteiger partial charge in [-0.2, -0.15) is 10.4 Å². The Morgan fingerprint density at radius 1 is 1.05 bits per heavy atom. The molecule has 38 heavy (non-hydrogen) atoms. The Hall–Kier alpha value is -3.51. The molecule has 6 rings (SSSR count). The second kappa shape index (κ2) is 10.3. The summed E-state index contributed by atoms with van der Waals surface area (Å²) in [6.07, 6.45) is 7.29. The van der Waals surface area contributed by atoms with Crippen LogP contribution in [0.5, 0.6) is 0 Å². The number of anilines is 1. The van der Waals surface area contributed by atoms with E-state index in [9.17, 15) is 14.4 Å². The van der Waals surface area contributed by atoms with Crippen LogP contribution in [-0.4, -0.2) is 65.0 Å². The summed E-state index contributed by atoms with van der Waals surface area (Å²) in [5.41, 5.74) is 3.56. The molecule has 2 saturated heterocycles. The minimum absolute atomic E-state index is 0.191. The maximum absolute atomic E-state index is 13.7. The van der Waals surface area contributed by atoms with Gasteiger partial charge in [0.25, 0.3) is 0 Å². The lowest BCUT2D eigenvalue weighted by Crippen LogP contribution is -2.47. The molecular formula is C29H33FN6O2. The van der Waals surface area contributed by atoms with E-state index in [1.807, 2.05) is 6.07 Å². The van der Waals surface area contributed by atoms with E-state index in [-0.39, 0.29) is 17.4 Å². The van der Waals surface area contributed by atoms with Crippen molar-refractivity contribution < 1.29 is 13.9 Å². The normalized spacial score (nSPS) is 19.9. The number of nitrogens with zero attached hydrogens (tertiary/aromatic N) is 6. The molecule has 198 valence electrons. The first-order valence-corrected chi connectivity index (χ1v) is 13.7. The number of halogens is 1. The fourth-order valence-electron chi connectivity index (χ4n) is 6.18. The van der Waals surface area contributed by atoms with E-state index in [1.54, 1.807) is 16.8 Å². The molecule has 2 aromatic heterocycles. The molecule has 3 aliphatic rings. The van der Waals surface area contributed by atoms with Crippen LogP contribution in [0.1, 0.15) is 67.0 Å². The van der Waals surface area contributed by atoms with Gasteiger partial charge >= 0.3 is 5.97 Å². The van der Waals surface area contributed by atoms with Crippen molar-refractivity contribution in [2.24, 2.45) is 5.92 Å². The number of ether oxygens (including phenoxy) is 1. The molecule has 0 spiro atoms. The number of rotatable bonds is 5. The SMILES string of the molecule is COC(=O)c1cc(N2CCC(N3CCC(C#N)CC3)CC2)c2c(C3CCC3)nn(-c3ccc(F)cc3)c2n1. The van der Waals surface area contributed by atoms with Gasteiger partial charge in [-0.1, -0.05) is 6.42 Å². The lowest BCUT2D eigenvalue weighted by molar-refractivity contribution is 0.0594. The molecular weight excluding hydrogens is 483 g/mol. The van der Waals surface area contributed by atoms with Crippen LogP contribution in [-0.2, 0) is 4.74 Å². The molecule has 0 bridgehead atoms. The van der Waals surface area contributed by atoms with E-state index in [0.29, 0.717) is 23.3 Å². The Bertz CT molecular complexity index is 1360. The van der Waals surface area contributed by atoms with E-state index in [1.165, 1.54) is 25.7 Å². The standard InChI is InChI=1S/C29H33FN6O2/c1-38-29(37)24-17-25(35-15-11-22(12-16-35)34-13-9-19(18-31)10-14-34)26-27(20-3-2-4-20)33-36(28(26)32-24)23-7-5-21(30)6-8-23/h5-8,17,19-20,22H,2-4,9-16H2,1H3. The second-order valence-electron chi connectivity index (χ2n) is 10.8. The Kier molecular flexibility index (Phi) is 6.75. The molecule has 3 fully saturated rings. The summed E-state index contributed by atoms with van der Waals surface area (Å²) >= 11 is 0. The topological polar surface area (TPSA) is 87.3 Å². The molecule has 8 nitrogen and oxygen atoms in total. The highest BCUT2D eigenvalue weighted by atomic mass is 19.1. The zero-order chi connectivity index (χ0) is 26.2. The summed E-state index contributed by atoms with van der Waals surface area (Å²) in [5, 5.41) is 15.2. The third kappa shape index (κ3) is 4.51. The van der Waals surface area contributed by atoms with Crippen LogP contribution in [0.4, 0.5) is 10.1 Å². The van der Waals surface area contributed by atoms with E-state index in [4.69, 9.17) is 14.8 Å². The van der Waals surface area contributed by atoms with Crippen molar-refractivity contribution in [3.05, 3.63) is 47.5 Å². The summed E-state index contributed by atoms with van der Waals surface area (Å²) < 4.78 is 20.5. The molecule has 0 amide bonds. The smallest absolute Gasteiger partial charge is 0.356 e. The van der Waals surface area contributed by atoms with Crippen molar-refractivity contribution in [3.63, 3.8) is 0 Å². The van der Waals surface area contributed by atoms with Crippen LogP contribution >= 0.6 is 0 Å². The number of benzene rings is 1. The number of fused-ring (bicyclic) bond motifs is 1. The number of esters is 1. The predicted octanol–water partition coefficient (Wildman–Crippen LogP) is 4.82. The first kappa shape index (κ1) is 24.8. The highest BCUT2D eigenvalue weighted by Crippen LogP contribution is 2.43. The number of piperidine rings is 2. The third-order valence-corrected chi connectivity index (χ3v) is 8.64. The summed E-state index contributed by atoms with van der Waals surface area (Å²) in [7, 11) is 1.37. The highest BCUT2D eigenvalue weighted by molar-refractivity contribution is 5.99. The van der Waals surface area contributed by atoms with Crippen molar-refractivity contribution in [3.8, 4) is 11.8 Å². The quantitative estimate of drug-likeness (QED) is 0.450. The Morgan fingerprint density at radius 3 is 2.37 bits per heavy atom. The second-order valence-corrected chi connectivity index (χ2v) is 10.8. The van der Waals surface area contributed by atoms with Crippen molar-refractivity contribution in [1.29, 1.82) is 5.26 Å². The number of hydrogen-bond donors (Lipinski definition) is 0. The van der Waals surface area contributed by atoms with Crippen molar-refractivity contribution in [2.75, 3.05) is 38.2 Å². The van der Waals surface area contributed by atoms with Gasteiger partial charge in [0.1, 0.15) is 5.82 Å². The van der Waals surface area contributed by atoms with E-state index >= 15 is 0 Å². The molecule has 1 saturated carbocycles. The summed E-state index contributed by atoms with van der Waals surface area (Å²) in [6, 6.07) is 11.0. The molecule has 2 aliphatic heterocycles. The maximum atomic E-state index is 13.7. The molecule has 9 heteroatoms. The maximum Gasteiger partial charge on any atom is 0.356 e. The van der Waals surface area contributed by atoms with Crippen LogP contribution < -0.4 is 4.90 Å². The number of carbonyl (C=O) groups excluding carboxylic acids is 1. The molecule has 0 atom stereocenters. The average molecular weight is 517 g/mol. The van der Waals surface area contributed by atoms with Crippen LogP contribution in [0.3, 0.4) is 0 Å². The van der Waals surface area contributed by atoms with Gasteiger partial charge in [-0.15, -0.1) is 0 Å². The third-order valence-electron chi connectivity index (χ3n) is 8.64. The lowest BCUT2D eigenvalue weighted by atomic mass is 9.82. The molecule has 3 aromatic rings. The van der Waals surface area contributed by atoms with E-state index in [2.05, 4.69) is 15.9 Å². The van der Waals surface area contributed by atoms with E-state index in [0.717, 1.165) is 81.5 Å². The number of carbonyl (C=O) groups is 1. The lowest BCUT2D eigenvalue weighted by Gasteiger charge is -2.42. The number of methoxy groups -OCH3 is 1. The monoisotopic (exact) mass is 516 g/mol. The largest absolute Gasteiger partial charge is 0.464 e. The molecule has 4 heterocycles. The number of hydrogen-bond acceptors (Lipinski definition) is 7. The van der Waals surface area contributed by atoms with Crippen LogP contribution in [0, 0.1) is 23.1 Å². The molecule has 1 aromatic carbocycles. The summed E-state index contributed by atoms with van der Waals surface area (Å²) in [4.78, 5) is 22.4. The number of likely N-dealkylation sites (tertiary alicyclic amines) is 1. The molecule has 0 unspecified atom stereocenters. The van der Waals surface area contributed by atoms with Gasteiger partial charge in [0.05, 0.1) is 35.6 Å². The molecule has 0 radical (unpaired) electrons. The molecule has 1 aliphatic carbocycles. The predicted molar refractivity (Wildman–Crippen MR) is 142 cm³/mol. The Balaban J connectivity index is 1.37. The fraction of sp³-hybridized carbons (Fsp3) is 0.517. The van der Waals surface area contributed by atoms with Gasteiger partial charge in [-0.3, -0.25) is 0 Å². The highest BCUT2D eigenvalue weighted by Gasteiger charge is 2.33. The Labute approximate surface area is 222 Å². The summed E-state index contributed by atoms with van der Waals surface area (Å²) in [5.74, 6) is -0.257. The Morgan fingerprint density at radius 2 is 1.76 bits per heavy atom. The van der Waals surface area contributed by atoms with Gasteiger partial charge < -0.3 is 14.5 Å². The van der Waals surface area contributed by atoms with Gasteiger partial charge in [0, 0.05) is 31.0 Å². The van der Waals surface area contributed by atoms with Crippen molar-refractivity contribution in [1.82, 2.24) is 19.7 Å². The number of nitriles is 1. The molecule has 0 N–H and O–H groups in total. The van der Waals surface area contributed by atoms with Crippen molar-refractivity contribution in [2.45, 2.75) is 56.9 Å². The fourth-order valence-corrected chi connectivity index (χ4v) is 6.18. The minimum Gasteiger partial charge on any atom is -0.464 e. The first-order valence-electron chi connectivity index (χ1n) is 13.7. The number of pyridine rings is 1. The zero-order valence-corrected chi connectivity index (χ0v) is 21.8. The average Bonchev–Trinajstić information content (AvgIpc) is 3.30. The minimum atomic E-state index is -0.486. The van der Waals surface area contributed by atoms with E-state index < -0.39 is 5.97 Å². The zero-order valence-electron chi connectivity index (χ0n) is 21.8.